The fourth-order valence-corrected chi connectivity index (χ4v) is 3.16. The number of carboxylic acid groups (broad SMARTS) is 1. The van der Waals surface area contributed by atoms with Crippen LogP contribution in [-0.4, -0.2) is 27.4 Å². The summed E-state index contributed by atoms with van der Waals surface area (Å²) >= 11 is 0. The number of phenolic OH excluding ortho intramolecular Hbond substituents is 1. The molecule has 0 saturated carbocycles. The fraction of sp³-hybridized carbons (Fsp3) is 0.174. The van der Waals surface area contributed by atoms with E-state index in [4.69, 9.17) is 9.84 Å². The predicted molar refractivity (Wildman–Crippen MR) is 107 cm³/mol. The van der Waals surface area contributed by atoms with E-state index in [9.17, 15) is 15.0 Å². The van der Waals surface area contributed by atoms with Crippen LogP contribution >= 0.6 is 0 Å². The van der Waals surface area contributed by atoms with E-state index in [1.54, 1.807) is 24.3 Å². The van der Waals surface area contributed by atoms with Crippen LogP contribution in [0.15, 0.2) is 78.9 Å². The standard InChI is InChI=1S/C23H22O5/c24-20-15-14-19(17-10-4-5-11-18(17)20)23(27)21(12-6-7-13-22(25)26)28-16-8-2-1-3-9-16/h1-5,7-11,13-15,21,23-24,27H,6,12H2,(H,25,26)/b13-7+/t21-,23-/m0/s1. The lowest BCUT2D eigenvalue weighted by Gasteiger charge is -2.25. The van der Waals surface area contributed by atoms with Gasteiger partial charge in [0.05, 0.1) is 0 Å². The van der Waals surface area contributed by atoms with Crippen molar-refractivity contribution in [1.82, 2.24) is 0 Å². The molecule has 0 aliphatic heterocycles. The zero-order valence-corrected chi connectivity index (χ0v) is 15.2. The number of phenols is 1. The van der Waals surface area contributed by atoms with E-state index in [2.05, 4.69) is 0 Å². The van der Waals surface area contributed by atoms with Gasteiger partial charge in [0.2, 0.25) is 0 Å². The highest BCUT2D eigenvalue weighted by Crippen LogP contribution is 2.34. The topological polar surface area (TPSA) is 87.0 Å². The minimum atomic E-state index is -1.01. The molecule has 2 atom stereocenters. The first-order valence-electron chi connectivity index (χ1n) is 9.06. The number of hydrogen-bond acceptors (Lipinski definition) is 4. The van der Waals surface area contributed by atoms with Gasteiger partial charge in [-0.1, -0.05) is 54.6 Å². The van der Waals surface area contributed by atoms with Crippen LogP contribution in [0.4, 0.5) is 0 Å². The van der Waals surface area contributed by atoms with E-state index in [1.165, 1.54) is 0 Å². The number of carbonyl (C=O) groups is 1. The van der Waals surface area contributed by atoms with Crippen molar-refractivity contribution < 1.29 is 24.9 Å². The second-order valence-corrected chi connectivity index (χ2v) is 6.45. The molecule has 3 aromatic rings. The highest BCUT2D eigenvalue weighted by molar-refractivity contribution is 5.91. The number of rotatable bonds is 8. The lowest BCUT2D eigenvalue weighted by Crippen LogP contribution is -2.25. The molecular formula is C23H22O5. The third-order valence-corrected chi connectivity index (χ3v) is 4.51. The molecule has 3 aromatic carbocycles. The number of hydrogen-bond donors (Lipinski definition) is 3. The highest BCUT2D eigenvalue weighted by Gasteiger charge is 2.24. The van der Waals surface area contributed by atoms with Crippen LogP contribution in [0, 0.1) is 0 Å². The van der Waals surface area contributed by atoms with Gasteiger partial charge in [-0.2, -0.15) is 0 Å². The van der Waals surface area contributed by atoms with Crippen LogP contribution in [0.25, 0.3) is 10.8 Å². The molecule has 28 heavy (non-hydrogen) atoms. The summed E-state index contributed by atoms with van der Waals surface area (Å²) in [7, 11) is 0. The molecule has 0 bridgehead atoms. The lowest BCUT2D eigenvalue weighted by molar-refractivity contribution is -0.131. The third kappa shape index (κ3) is 4.69. The maximum atomic E-state index is 11.1. The molecule has 0 amide bonds. The maximum Gasteiger partial charge on any atom is 0.327 e. The summed E-state index contributed by atoms with van der Waals surface area (Å²) in [6.07, 6.45) is 1.96. The van der Waals surface area contributed by atoms with Crippen LogP contribution in [0.5, 0.6) is 11.5 Å². The number of aromatic hydroxyl groups is 1. The van der Waals surface area contributed by atoms with Gasteiger partial charge in [-0.3, -0.25) is 0 Å². The number of aliphatic hydroxyl groups is 1. The molecule has 0 aromatic heterocycles. The fourth-order valence-electron chi connectivity index (χ4n) is 3.16. The maximum absolute atomic E-state index is 11.1. The van der Waals surface area contributed by atoms with E-state index in [0.29, 0.717) is 29.5 Å². The molecule has 0 aliphatic rings. The van der Waals surface area contributed by atoms with E-state index in [1.807, 2.05) is 48.5 Å². The van der Waals surface area contributed by atoms with Gasteiger partial charge in [0, 0.05) is 11.5 Å². The minimum Gasteiger partial charge on any atom is -0.507 e. The second-order valence-electron chi connectivity index (χ2n) is 6.45. The van der Waals surface area contributed by atoms with Crippen molar-refractivity contribution in [2.24, 2.45) is 0 Å². The Morgan fingerprint density at radius 1 is 0.964 bits per heavy atom. The van der Waals surface area contributed by atoms with Crippen LogP contribution in [0.3, 0.4) is 0 Å². The van der Waals surface area contributed by atoms with Gasteiger partial charge in [-0.15, -0.1) is 0 Å². The molecule has 3 rings (SSSR count). The SMILES string of the molecule is O=C(O)/C=C/CC[C@H](Oc1ccccc1)[C@@H](O)c1ccc(O)c2ccccc12. The Labute approximate surface area is 163 Å². The predicted octanol–water partition coefficient (Wildman–Crippen LogP) is 4.45. The second kappa shape index (κ2) is 9.06. The summed E-state index contributed by atoms with van der Waals surface area (Å²) in [6.45, 7) is 0. The Kier molecular flexibility index (Phi) is 6.29. The van der Waals surface area contributed by atoms with Crippen LogP contribution in [-0.2, 0) is 4.79 Å². The van der Waals surface area contributed by atoms with E-state index in [-0.39, 0.29) is 5.75 Å². The molecule has 144 valence electrons. The first-order chi connectivity index (χ1) is 13.6. The number of para-hydroxylation sites is 1. The Morgan fingerprint density at radius 2 is 1.64 bits per heavy atom. The zero-order valence-electron chi connectivity index (χ0n) is 15.2. The van der Waals surface area contributed by atoms with Crippen molar-refractivity contribution in [3.05, 3.63) is 84.4 Å². The zero-order chi connectivity index (χ0) is 19.9. The number of ether oxygens (including phenoxy) is 1. The van der Waals surface area contributed by atoms with Gasteiger partial charge in [0.25, 0.3) is 0 Å². The lowest BCUT2D eigenvalue weighted by atomic mass is 9.94. The number of aliphatic hydroxyl groups excluding tert-OH is 1. The largest absolute Gasteiger partial charge is 0.507 e. The molecule has 5 heteroatoms. The van der Waals surface area contributed by atoms with Gasteiger partial charge < -0.3 is 20.1 Å². The van der Waals surface area contributed by atoms with Gasteiger partial charge in [-0.25, -0.2) is 4.79 Å². The van der Waals surface area contributed by atoms with E-state index in [0.717, 1.165) is 11.5 Å². The summed E-state index contributed by atoms with van der Waals surface area (Å²) in [5.74, 6) is -0.237. The Balaban J connectivity index is 1.90. The summed E-state index contributed by atoms with van der Waals surface area (Å²) in [5, 5.41) is 31.3. The van der Waals surface area contributed by atoms with Gasteiger partial charge in [0.1, 0.15) is 23.7 Å². The minimum absolute atomic E-state index is 0.150. The average Bonchev–Trinajstić information content (AvgIpc) is 2.71. The first kappa shape index (κ1) is 19.5. The molecule has 0 heterocycles. The quantitative estimate of drug-likeness (QED) is 0.504. The van der Waals surface area contributed by atoms with Crippen molar-refractivity contribution in [2.75, 3.05) is 0 Å². The molecule has 0 saturated heterocycles. The molecule has 3 N–H and O–H groups in total. The molecule has 0 aliphatic carbocycles. The molecule has 0 fully saturated rings. The number of allylic oxidation sites excluding steroid dienone is 1. The van der Waals surface area contributed by atoms with Gasteiger partial charge in [0.15, 0.2) is 0 Å². The summed E-state index contributed by atoms with van der Waals surface area (Å²) < 4.78 is 6.02. The van der Waals surface area contributed by atoms with Crippen LogP contribution in [0.2, 0.25) is 0 Å². The number of carboxylic acids is 1. The Bertz CT molecular complexity index is 965. The van der Waals surface area contributed by atoms with Gasteiger partial charge in [-0.05, 0) is 42.0 Å². The number of benzene rings is 3. The molecule has 0 unspecified atom stereocenters. The molecule has 5 nitrogen and oxygen atoms in total. The van der Waals surface area contributed by atoms with Crippen molar-refractivity contribution in [3.8, 4) is 11.5 Å². The van der Waals surface area contributed by atoms with E-state index < -0.39 is 18.2 Å². The summed E-state index contributed by atoms with van der Waals surface area (Å²) in [4.78, 5) is 10.7. The van der Waals surface area contributed by atoms with Crippen LogP contribution < -0.4 is 4.74 Å². The van der Waals surface area contributed by atoms with Crippen molar-refractivity contribution in [3.63, 3.8) is 0 Å². The monoisotopic (exact) mass is 378 g/mol. The first-order valence-corrected chi connectivity index (χ1v) is 9.06. The average molecular weight is 378 g/mol. The van der Waals surface area contributed by atoms with Crippen LogP contribution in [0.1, 0.15) is 24.5 Å². The Morgan fingerprint density at radius 3 is 2.36 bits per heavy atom. The Hall–Kier alpha value is -3.31. The third-order valence-electron chi connectivity index (χ3n) is 4.51. The number of aliphatic carboxylic acids is 1. The summed E-state index contributed by atoms with van der Waals surface area (Å²) in [5.41, 5.74) is 0.650. The molecular weight excluding hydrogens is 356 g/mol. The van der Waals surface area contributed by atoms with Crippen molar-refractivity contribution >= 4 is 16.7 Å². The van der Waals surface area contributed by atoms with Gasteiger partial charge >= 0.3 is 5.97 Å². The highest BCUT2D eigenvalue weighted by atomic mass is 16.5. The van der Waals surface area contributed by atoms with Crippen molar-refractivity contribution in [1.29, 1.82) is 0 Å². The molecule has 0 radical (unpaired) electrons. The normalized spacial score (nSPS) is 13.5. The van der Waals surface area contributed by atoms with E-state index >= 15 is 0 Å². The smallest absolute Gasteiger partial charge is 0.327 e. The molecule has 0 spiro atoms. The van der Waals surface area contributed by atoms with Crippen molar-refractivity contribution in [2.45, 2.75) is 25.0 Å². The summed E-state index contributed by atoms with van der Waals surface area (Å²) in [6, 6.07) is 19.7. The number of fused-ring (bicyclic) bond motifs is 1.